The molecule has 4 heteroatoms. The normalized spacial score (nSPS) is 20.5. The molecule has 4 nitrogen and oxygen atoms in total. The van der Waals surface area contributed by atoms with E-state index in [1.807, 2.05) is 0 Å². The molecule has 0 bridgehead atoms. The van der Waals surface area contributed by atoms with Gasteiger partial charge >= 0.3 is 0 Å². The van der Waals surface area contributed by atoms with Gasteiger partial charge < -0.3 is 4.74 Å². The maximum Gasteiger partial charge on any atom is 0.223 e. The minimum atomic E-state index is 0.186. The van der Waals surface area contributed by atoms with Gasteiger partial charge in [-0.3, -0.25) is 9.80 Å². The van der Waals surface area contributed by atoms with Crippen LogP contribution in [0.5, 0.6) is 0 Å². The van der Waals surface area contributed by atoms with Crippen molar-refractivity contribution in [2.24, 2.45) is 5.84 Å². The van der Waals surface area contributed by atoms with Gasteiger partial charge in [0.05, 0.1) is 6.04 Å². The van der Waals surface area contributed by atoms with Crippen molar-refractivity contribution < 1.29 is 9.53 Å². The van der Waals surface area contributed by atoms with E-state index in [9.17, 15) is 4.79 Å². The first-order valence-electron chi connectivity index (χ1n) is 3.40. The van der Waals surface area contributed by atoms with E-state index in [1.54, 1.807) is 0 Å². The molecule has 0 saturated carbocycles. The van der Waals surface area contributed by atoms with Gasteiger partial charge in [-0.1, -0.05) is 0 Å². The summed E-state index contributed by atoms with van der Waals surface area (Å²) >= 11 is 0. The van der Waals surface area contributed by atoms with Crippen molar-refractivity contribution in [2.45, 2.75) is 18.9 Å². The summed E-state index contributed by atoms with van der Waals surface area (Å²) < 4.78 is 5.10. The maximum absolute atomic E-state index is 10.2. The number of nitrogens with zero attached hydrogens (tertiary/aromatic N) is 1. The average molecular weight is 144 g/mol. The number of carbonyl (C=O) groups is 1. The Labute approximate surface area is 59.9 Å². The third kappa shape index (κ3) is 1.68. The highest BCUT2D eigenvalue weighted by molar-refractivity contribution is 5.46. The van der Waals surface area contributed by atoms with Gasteiger partial charge in [-0.05, 0) is 12.8 Å². The molecule has 58 valence electrons. The predicted molar refractivity (Wildman–Crippen MR) is 35.9 cm³/mol. The first-order valence-corrected chi connectivity index (χ1v) is 3.40. The van der Waals surface area contributed by atoms with Gasteiger partial charge in [0, 0.05) is 13.2 Å². The summed E-state index contributed by atoms with van der Waals surface area (Å²) in [4.78, 5) is 10.2. The van der Waals surface area contributed by atoms with Crippen molar-refractivity contribution in [1.82, 2.24) is 5.01 Å². The van der Waals surface area contributed by atoms with E-state index in [0.29, 0.717) is 19.6 Å². The third-order valence-corrected chi connectivity index (χ3v) is 1.73. The highest BCUT2D eigenvalue weighted by Gasteiger charge is 2.17. The predicted octanol–water partition coefficient (Wildman–Crippen LogP) is -0.503. The van der Waals surface area contributed by atoms with Crippen LogP contribution in [-0.4, -0.2) is 30.7 Å². The number of hydrogen-bond acceptors (Lipinski definition) is 3. The molecule has 0 unspecified atom stereocenters. The molecule has 0 aromatic rings. The molecule has 1 aliphatic heterocycles. The topological polar surface area (TPSA) is 55.6 Å². The molecule has 1 fully saturated rings. The van der Waals surface area contributed by atoms with Gasteiger partial charge in [0.25, 0.3) is 0 Å². The standard InChI is InChI=1S/C6H12N2O2/c7-8(5-9)6-1-3-10-4-2-6/h5-6H,1-4,7H2. The minimum Gasteiger partial charge on any atom is -0.381 e. The van der Waals surface area contributed by atoms with Gasteiger partial charge in [0.15, 0.2) is 0 Å². The van der Waals surface area contributed by atoms with E-state index >= 15 is 0 Å². The smallest absolute Gasteiger partial charge is 0.223 e. The molecule has 1 amide bonds. The molecule has 0 aliphatic carbocycles. The summed E-state index contributed by atoms with van der Waals surface area (Å²) in [5.74, 6) is 5.36. The summed E-state index contributed by atoms with van der Waals surface area (Å²) in [7, 11) is 0. The molecule has 0 aromatic carbocycles. The lowest BCUT2D eigenvalue weighted by atomic mass is 10.1. The van der Waals surface area contributed by atoms with E-state index in [0.717, 1.165) is 12.8 Å². The van der Waals surface area contributed by atoms with Crippen LogP contribution in [0, 0.1) is 0 Å². The summed E-state index contributed by atoms with van der Waals surface area (Å²) in [6.45, 7) is 1.43. The van der Waals surface area contributed by atoms with Crippen LogP contribution in [0.25, 0.3) is 0 Å². The average Bonchev–Trinajstić information content (AvgIpc) is 2.05. The second-order valence-corrected chi connectivity index (χ2v) is 2.40. The SMILES string of the molecule is NN(C=O)C1CCOCC1. The van der Waals surface area contributed by atoms with E-state index in [4.69, 9.17) is 10.6 Å². The second kappa shape index (κ2) is 3.53. The van der Waals surface area contributed by atoms with E-state index in [2.05, 4.69) is 0 Å². The number of amides is 1. The molecule has 2 N–H and O–H groups in total. The molecule has 1 saturated heterocycles. The highest BCUT2D eigenvalue weighted by Crippen LogP contribution is 2.09. The molecule has 1 heterocycles. The fourth-order valence-electron chi connectivity index (χ4n) is 1.07. The summed E-state index contributed by atoms with van der Waals surface area (Å²) in [5.41, 5.74) is 0. The van der Waals surface area contributed by atoms with Crippen molar-refractivity contribution >= 4 is 6.41 Å². The fraction of sp³-hybridized carbons (Fsp3) is 0.833. The first kappa shape index (κ1) is 7.50. The Balaban J connectivity index is 2.30. The van der Waals surface area contributed by atoms with Crippen LogP contribution in [0.2, 0.25) is 0 Å². The number of carbonyl (C=O) groups excluding carboxylic acids is 1. The zero-order valence-electron chi connectivity index (χ0n) is 5.82. The van der Waals surface area contributed by atoms with Crippen molar-refractivity contribution in [3.05, 3.63) is 0 Å². The molecule has 0 atom stereocenters. The maximum atomic E-state index is 10.2. The Hall–Kier alpha value is -0.610. The van der Waals surface area contributed by atoms with Crippen molar-refractivity contribution in [3.8, 4) is 0 Å². The first-order chi connectivity index (χ1) is 4.84. The fourth-order valence-corrected chi connectivity index (χ4v) is 1.07. The van der Waals surface area contributed by atoms with Gasteiger partial charge in [-0.15, -0.1) is 0 Å². The quantitative estimate of drug-likeness (QED) is 0.246. The summed E-state index contributed by atoms with van der Waals surface area (Å²) in [5, 5.41) is 1.22. The molecule has 0 spiro atoms. The Kier molecular flexibility index (Phi) is 2.65. The molecule has 1 aliphatic rings. The van der Waals surface area contributed by atoms with Gasteiger partial charge in [-0.2, -0.15) is 0 Å². The van der Waals surface area contributed by atoms with Crippen LogP contribution >= 0.6 is 0 Å². The Bertz CT molecular complexity index is 112. The zero-order chi connectivity index (χ0) is 7.40. The van der Waals surface area contributed by atoms with Crippen LogP contribution in [-0.2, 0) is 9.53 Å². The number of rotatable bonds is 2. The van der Waals surface area contributed by atoms with Crippen molar-refractivity contribution in [2.75, 3.05) is 13.2 Å². The highest BCUT2D eigenvalue weighted by atomic mass is 16.5. The van der Waals surface area contributed by atoms with Crippen molar-refractivity contribution in [1.29, 1.82) is 0 Å². The van der Waals surface area contributed by atoms with Crippen LogP contribution in [0.4, 0.5) is 0 Å². The van der Waals surface area contributed by atoms with Gasteiger partial charge in [0.2, 0.25) is 6.41 Å². The van der Waals surface area contributed by atoms with Gasteiger partial charge in [-0.25, -0.2) is 5.84 Å². The summed E-state index contributed by atoms with van der Waals surface area (Å²) in [6, 6.07) is 0.186. The lowest BCUT2D eigenvalue weighted by Gasteiger charge is -2.27. The minimum absolute atomic E-state index is 0.186. The monoisotopic (exact) mass is 144 g/mol. The molecule has 0 aromatic heterocycles. The lowest BCUT2D eigenvalue weighted by molar-refractivity contribution is -0.122. The number of nitrogens with two attached hydrogens (primary N) is 1. The third-order valence-electron chi connectivity index (χ3n) is 1.73. The largest absolute Gasteiger partial charge is 0.381 e. The molecule has 0 radical (unpaired) electrons. The molecule has 1 rings (SSSR count). The Morgan fingerprint density at radius 2 is 2.10 bits per heavy atom. The Morgan fingerprint density at radius 3 is 2.60 bits per heavy atom. The van der Waals surface area contributed by atoms with Crippen LogP contribution < -0.4 is 5.84 Å². The Morgan fingerprint density at radius 1 is 1.50 bits per heavy atom. The zero-order valence-corrected chi connectivity index (χ0v) is 5.82. The number of hydrazine groups is 1. The van der Waals surface area contributed by atoms with Gasteiger partial charge in [0.1, 0.15) is 0 Å². The second-order valence-electron chi connectivity index (χ2n) is 2.40. The van der Waals surface area contributed by atoms with Crippen LogP contribution in [0.1, 0.15) is 12.8 Å². The van der Waals surface area contributed by atoms with Crippen LogP contribution in [0.3, 0.4) is 0 Å². The number of hydrogen-bond donors (Lipinski definition) is 1. The molecular weight excluding hydrogens is 132 g/mol. The molecule has 10 heavy (non-hydrogen) atoms. The van der Waals surface area contributed by atoms with Crippen molar-refractivity contribution in [3.63, 3.8) is 0 Å². The number of ether oxygens (including phenoxy) is 1. The molecular formula is C6H12N2O2. The summed E-state index contributed by atoms with van der Waals surface area (Å²) in [6.07, 6.45) is 2.38. The lowest BCUT2D eigenvalue weighted by Crippen LogP contribution is -2.43. The van der Waals surface area contributed by atoms with Crippen LogP contribution in [0.15, 0.2) is 0 Å². The van der Waals surface area contributed by atoms with E-state index in [1.165, 1.54) is 5.01 Å². The van der Waals surface area contributed by atoms with E-state index in [-0.39, 0.29) is 6.04 Å². The van der Waals surface area contributed by atoms with E-state index < -0.39 is 0 Å².